The summed E-state index contributed by atoms with van der Waals surface area (Å²) in [5, 5.41) is 3.54. The van der Waals surface area contributed by atoms with Crippen LogP contribution in [0.2, 0.25) is 0 Å². The first-order valence-corrected chi connectivity index (χ1v) is 5.67. The Morgan fingerprint density at radius 1 is 0.778 bits per heavy atom. The molecule has 0 amide bonds. The van der Waals surface area contributed by atoms with E-state index >= 15 is 0 Å². The fraction of sp³-hybridized carbons (Fsp3) is 0. The maximum absolute atomic E-state index is 4.11. The Kier molecular flexibility index (Phi) is 2.75. The third kappa shape index (κ3) is 2.08. The molecule has 0 unspecified atom stereocenters. The number of H-pyrrole nitrogens is 2. The van der Waals surface area contributed by atoms with Gasteiger partial charge >= 0.3 is 0 Å². The molecule has 0 spiro atoms. The van der Waals surface area contributed by atoms with Gasteiger partial charge in [-0.1, -0.05) is 0 Å². The predicted octanol–water partition coefficient (Wildman–Crippen LogP) is 3.13. The van der Waals surface area contributed by atoms with E-state index in [0.29, 0.717) is 0 Å². The van der Waals surface area contributed by atoms with E-state index in [-0.39, 0.29) is 0 Å². The molecule has 0 saturated heterocycles. The van der Waals surface area contributed by atoms with Crippen molar-refractivity contribution in [3.05, 3.63) is 61.6 Å². The van der Waals surface area contributed by atoms with Crippen molar-refractivity contribution in [1.29, 1.82) is 0 Å². The number of hydrogen-bond donors (Lipinski definition) is 2. The van der Waals surface area contributed by atoms with E-state index in [1.54, 1.807) is 12.4 Å². The lowest BCUT2D eigenvalue weighted by Gasteiger charge is -1.81. The van der Waals surface area contributed by atoms with Crippen molar-refractivity contribution in [2.45, 2.75) is 0 Å². The van der Waals surface area contributed by atoms with E-state index in [1.807, 2.05) is 49.2 Å². The summed E-state index contributed by atoms with van der Waals surface area (Å²) in [5.41, 5.74) is 1.03. The Labute approximate surface area is 104 Å². The molecule has 4 rings (SSSR count). The molecule has 88 valence electrons. The molecule has 0 bridgehead atoms. The molecule has 4 aromatic rings. The number of rotatable bonds is 0. The highest BCUT2D eigenvalue weighted by atomic mass is 14.7. The zero-order chi connectivity index (χ0) is 12.2. The zero-order valence-electron chi connectivity index (χ0n) is 9.67. The molecule has 2 N–H and O–H groups in total. The van der Waals surface area contributed by atoms with Crippen molar-refractivity contribution in [3.8, 4) is 0 Å². The summed E-state index contributed by atoms with van der Waals surface area (Å²) in [6.07, 6.45) is 13.1. The fourth-order valence-corrected chi connectivity index (χ4v) is 1.77. The number of hydrogen-bond acceptors (Lipinski definition) is 2. The second-order valence-corrected chi connectivity index (χ2v) is 3.89. The predicted molar refractivity (Wildman–Crippen MR) is 72.2 cm³/mol. The highest BCUT2D eigenvalue weighted by molar-refractivity contribution is 5.80. The summed E-state index contributed by atoms with van der Waals surface area (Å²) >= 11 is 0. The maximum Gasteiger partial charge on any atom is 0.0876 e. The van der Waals surface area contributed by atoms with Gasteiger partial charge in [-0.3, -0.25) is 9.97 Å². The van der Waals surface area contributed by atoms with Crippen molar-refractivity contribution >= 4 is 21.7 Å². The summed E-state index contributed by atoms with van der Waals surface area (Å²) in [5.74, 6) is 0. The highest BCUT2D eigenvalue weighted by Crippen LogP contribution is 2.08. The number of aromatic amines is 2. The van der Waals surface area contributed by atoms with Gasteiger partial charge < -0.3 is 9.97 Å². The first-order chi connectivity index (χ1) is 8.93. The van der Waals surface area contributed by atoms with Crippen LogP contribution in [0.1, 0.15) is 0 Å². The first kappa shape index (κ1) is 10.5. The minimum atomic E-state index is 1.03. The number of aromatic nitrogens is 4. The van der Waals surface area contributed by atoms with Gasteiger partial charge in [0.1, 0.15) is 0 Å². The second-order valence-electron chi connectivity index (χ2n) is 3.89. The number of nitrogens with zero attached hydrogens (tertiary/aromatic N) is 2. The summed E-state index contributed by atoms with van der Waals surface area (Å²) in [7, 11) is 0. The summed E-state index contributed by atoms with van der Waals surface area (Å²) in [6, 6.07) is 5.93. The quantitative estimate of drug-likeness (QED) is 0.493. The molecule has 4 nitrogen and oxygen atoms in total. The van der Waals surface area contributed by atoms with Crippen molar-refractivity contribution in [2.24, 2.45) is 0 Å². The third-order valence-electron chi connectivity index (χ3n) is 2.69. The normalized spacial score (nSPS) is 10.2. The number of nitrogens with one attached hydrogen (secondary N) is 2. The molecule has 18 heavy (non-hydrogen) atoms. The highest BCUT2D eigenvalue weighted by Gasteiger charge is 1.89. The topological polar surface area (TPSA) is 57.4 Å². The van der Waals surface area contributed by atoms with Crippen LogP contribution < -0.4 is 0 Å². The number of fused-ring (bicyclic) bond motifs is 2. The van der Waals surface area contributed by atoms with Crippen molar-refractivity contribution in [1.82, 2.24) is 19.9 Å². The van der Waals surface area contributed by atoms with Crippen molar-refractivity contribution < 1.29 is 0 Å². The van der Waals surface area contributed by atoms with Gasteiger partial charge in [0.25, 0.3) is 0 Å². The van der Waals surface area contributed by atoms with Gasteiger partial charge in [-0.05, 0) is 18.2 Å². The van der Waals surface area contributed by atoms with E-state index in [9.17, 15) is 0 Å². The van der Waals surface area contributed by atoms with Gasteiger partial charge in [0.15, 0.2) is 0 Å². The van der Waals surface area contributed by atoms with Crippen LogP contribution in [0.15, 0.2) is 61.6 Å². The fourth-order valence-electron chi connectivity index (χ4n) is 1.77. The summed E-state index contributed by atoms with van der Waals surface area (Å²) < 4.78 is 0. The summed E-state index contributed by atoms with van der Waals surface area (Å²) in [4.78, 5) is 14.0. The largest absolute Gasteiger partial charge is 0.366 e. The molecule has 0 radical (unpaired) electrons. The Hall–Kier alpha value is -2.62. The molecular formula is C14H12N4. The lowest BCUT2D eigenvalue weighted by atomic mass is 10.3. The van der Waals surface area contributed by atoms with E-state index in [2.05, 4.69) is 19.9 Å². The van der Waals surface area contributed by atoms with E-state index in [4.69, 9.17) is 0 Å². The van der Waals surface area contributed by atoms with Crippen LogP contribution in [0, 0.1) is 0 Å². The van der Waals surface area contributed by atoms with Crippen LogP contribution in [-0.4, -0.2) is 19.9 Å². The Morgan fingerprint density at radius 3 is 2.50 bits per heavy atom. The van der Waals surface area contributed by atoms with Crippen molar-refractivity contribution in [2.75, 3.05) is 0 Å². The van der Waals surface area contributed by atoms with Crippen LogP contribution in [0.25, 0.3) is 21.7 Å². The van der Waals surface area contributed by atoms with Gasteiger partial charge in [0, 0.05) is 59.5 Å². The van der Waals surface area contributed by atoms with Crippen LogP contribution in [-0.2, 0) is 0 Å². The van der Waals surface area contributed by atoms with Gasteiger partial charge in [-0.25, -0.2) is 0 Å². The van der Waals surface area contributed by atoms with Crippen LogP contribution in [0.4, 0.5) is 0 Å². The smallest absolute Gasteiger partial charge is 0.0876 e. The molecule has 0 aliphatic carbocycles. The van der Waals surface area contributed by atoms with Crippen LogP contribution in [0.5, 0.6) is 0 Å². The average molecular weight is 236 g/mol. The van der Waals surface area contributed by atoms with Gasteiger partial charge in [0.2, 0.25) is 0 Å². The average Bonchev–Trinajstić information content (AvgIpc) is 3.08. The summed E-state index contributed by atoms with van der Waals surface area (Å²) in [6.45, 7) is 0. The standard InChI is InChI=1S/2C7H6N2/c1-2-8-4-7-5-9-3-6(1)7;1-2-6-4-8-5-7(6)9-3-1/h1-5,9H;1-5,8H. The molecule has 0 aromatic carbocycles. The molecular weight excluding hydrogens is 224 g/mol. The van der Waals surface area contributed by atoms with Crippen molar-refractivity contribution in [3.63, 3.8) is 0 Å². The van der Waals surface area contributed by atoms with Gasteiger partial charge in [-0.15, -0.1) is 0 Å². The minimum Gasteiger partial charge on any atom is -0.366 e. The third-order valence-corrected chi connectivity index (χ3v) is 2.69. The van der Waals surface area contributed by atoms with E-state index in [0.717, 1.165) is 16.3 Å². The van der Waals surface area contributed by atoms with Crippen LogP contribution in [0.3, 0.4) is 0 Å². The molecule has 0 atom stereocenters. The Balaban J connectivity index is 0.000000111. The molecule has 4 aromatic heterocycles. The van der Waals surface area contributed by atoms with Gasteiger partial charge in [-0.2, -0.15) is 0 Å². The second kappa shape index (κ2) is 4.71. The SMILES string of the molecule is c1cc2c[nH]cc2cn1.c1cnc2c[nH]cc2c1. The van der Waals surface area contributed by atoms with Gasteiger partial charge in [0.05, 0.1) is 5.52 Å². The monoisotopic (exact) mass is 236 g/mol. The molecule has 0 saturated carbocycles. The minimum absolute atomic E-state index is 1.03. The molecule has 4 heteroatoms. The Bertz CT molecular complexity index is 628. The molecule has 0 fully saturated rings. The zero-order valence-corrected chi connectivity index (χ0v) is 9.67. The lowest BCUT2D eigenvalue weighted by molar-refractivity contribution is 1.37. The first-order valence-electron chi connectivity index (χ1n) is 5.67. The maximum atomic E-state index is 4.11. The Morgan fingerprint density at radius 2 is 1.61 bits per heavy atom. The molecule has 4 heterocycles. The lowest BCUT2D eigenvalue weighted by Crippen LogP contribution is -1.66. The molecule has 0 aliphatic rings. The van der Waals surface area contributed by atoms with Crippen LogP contribution >= 0.6 is 0 Å². The number of pyridine rings is 2. The van der Waals surface area contributed by atoms with E-state index in [1.165, 1.54) is 5.39 Å². The molecule has 0 aliphatic heterocycles. The van der Waals surface area contributed by atoms with E-state index < -0.39 is 0 Å².